The van der Waals surface area contributed by atoms with Crippen LogP contribution in [-0.4, -0.2) is 11.2 Å². The Hall–Kier alpha value is -0.520. The minimum Gasteiger partial charge on any atom is -0.393 e. The van der Waals surface area contributed by atoms with Crippen LogP contribution in [0, 0.1) is 5.92 Å². The molecule has 1 fully saturated rings. The standard InChI is InChI=1S/C11H18O/c1-2-3-4-7-10-8-5-6-9-11(10)12/h3,10-12H,1,4-9H2/t10-,11+/m0/s1. The summed E-state index contributed by atoms with van der Waals surface area (Å²) in [6.45, 7) is 3.52. The number of aliphatic hydroxyl groups is 1. The summed E-state index contributed by atoms with van der Waals surface area (Å²) in [4.78, 5) is 0. The molecule has 1 rings (SSSR count). The van der Waals surface area contributed by atoms with Crippen molar-refractivity contribution in [2.45, 2.75) is 44.6 Å². The van der Waals surface area contributed by atoms with Gasteiger partial charge in [-0.05, 0) is 37.7 Å². The summed E-state index contributed by atoms with van der Waals surface area (Å²) in [5.74, 6) is 0.531. The summed E-state index contributed by atoms with van der Waals surface area (Å²) in [5.41, 5.74) is 2.77. The van der Waals surface area contributed by atoms with Crippen molar-refractivity contribution in [3.63, 3.8) is 0 Å². The molecule has 0 amide bonds. The molecular formula is C11H18O. The highest BCUT2D eigenvalue weighted by Gasteiger charge is 2.21. The molecule has 0 spiro atoms. The van der Waals surface area contributed by atoms with Crippen molar-refractivity contribution in [3.8, 4) is 0 Å². The molecule has 12 heavy (non-hydrogen) atoms. The summed E-state index contributed by atoms with van der Waals surface area (Å²) in [6.07, 6.45) is 8.73. The molecule has 0 aromatic heterocycles. The molecule has 68 valence electrons. The molecule has 2 atom stereocenters. The first kappa shape index (κ1) is 9.57. The van der Waals surface area contributed by atoms with Gasteiger partial charge in [0.15, 0.2) is 0 Å². The van der Waals surface area contributed by atoms with Crippen molar-refractivity contribution < 1.29 is 5.11 Å². The molecule has 0 aromatic carbocycles. The highest BCUT2D eigenvalue weighted by atomic mass is 16.3. The summed E-state index contributed by atoms with van der Waals surface area (Å²) in [5, 5.41) is 9.62. The Balaban J connectivity index is 2.24. The van der Waals surface area contributed by atoms with Crippen LogP contribution in [0.1, 0.15) is 38.5 Å². The lowest BCUT2D eigenvalue weighted by molar-refractivity contribution is 0.0659. The van der Waals surface area contributed by atoms with Crippen LogP contribution in [0.3, 0.4) is 0 Å². The number of hydrogen-bond acceptors (Lipinski definition) is 1. The third kappa shape index (κ3) is 2.84. The minimum absolute atomic E-state index is 0.0445. The Kier molecular flexibility index (Phi) is 4.13. The molecule has 0 radical (unpaired) electrons. The van der Waals surface area contributed by atoms with Gasteiger partial charge in [0, 0.05) is 0 Å². The van der Waals surface area contributed by atoms with Crippen LogP contribution in [0.5, 0.6) is 0 Å². The van der Waals surface area contributed by atoms with E-state index in [0.717, 1.165) is 19.3 Å². The molecule has 1 N–H and O–H groups in total. The van der Waals surface area contributed by atoms with Gasteiger partial charge >= 0.3 is 0 Å². The van der Waals surface area contributed by atoms with Crippen LogP contribution in [-0.2, 0) is 0 Å². The van der Waals surface area contributed by atoms with Gasteiger partial charge in [0.1, 0.15) is 0 Å². The van der Waals surface area contributed by atoms with E-state index in [0.29, 0.717) is 5.92 Å². The summed E-state index contributed by atoms with van der Waals surface area (Å²) < 4.78 is 0. The fourth-order valence-corrected chi connectivity index (χ4v) is 1.92. The van der Waals surface area contributed by atoms with E-state index in [2.05, 4.69) is 12.3 Å². The van der Waals surface area contributed by atoms with Gasteiger partial charge in [-0.15, -0.1) is 5.73 Å². The summed E-state index contributed by atoms with van der Waals surface area (Å²) >= 11 is 0. The highest BCUT2D eigenvalue weighted by Crippen LogP contribution is 2.27. The Labute approximate surface area is 74.8 Å². The Morgan fingerprint density at radius 1 is 1.42 bits per heavy atom. The molecule has 1 aliphatic rings. The lowest BCUT2D eigenvalue weighted by Crippen LogP contribution is -2.23. The third-order valence-corrected chi connectivity index (χ3v) is 2.70. The van der Waals surface area contributed by atoms with Crippen molar-refractivity contribution in [3.05, 3.63) is 18.4 Å². The topological polar surface area (TPSA) is 20.2 Å². The molecule has 0 saturated heterocycles. The third-order valence-electron chi connectivity index (χ3n) is 2.70. The molecular weight excluding hydrogens is 148 g/mol. The van der Waals surface area contributed by atoms with Crippen LogP contribution in [0.25, 0.3) is 0 Å². The smallest absolute Gasteiger partial charge is 0.0568 e. The molecule has 0 bridgehead atoms. The molecule has 0 aromatic rings. The van der Waals surface area contributed by atoms with E-state index in [4.69, 9.17) is 0 Å². The number of rotatable bonds is 3. The maximum absolute atomic E-state index is 9.62. The van der Waals surface area contributed by atoms with Gasteiger partial charge in [-0.25, -0.2) is 0 Å². The maximum atomic E-state index is 9.62. The first-order valence-electron chi connectivity index (χ1n) is 4.87. The van der Waals surface area contributed by atoms with E-state index < -0.39 is 0 Å². The van der Waals surface area contributed by atoms with Crippen molar-refractivity contribution in [2.24, 2.45) is 5.92 Å². The van der Waals surface area contributed by atoms with Crippen molar-refractivity contribution in [2.75, 3.05) is 0 Å². The van der Waals surface area contributed by atoms with E-state index >= 15 is 0 Å². The van der Waals surface area contributed by atoms with Gasteiger partial charge in [0.05, 0.1) is 6.10 Å². The molecule has 1 heteroatoms. The van der Waals surface area contributed by atoms with Gasteiger partial charge in [-0.3, -0.25) is 0 Å². The molecule has 0 heterocycles. The minimum atomic E-state index is -0.0445. The quantitative estimate of drug-likeness (QED) is 0.639. The summed E-state index contributed by atoms with van der Waals surface area (Å²) in [6, 6.07) is 0. The largest absolute Gasteiger partial charge is 0.393 e. The van der Waals surface area contributed by atoms with Crippen LogP contribution in [0.4, 0.5) is 0 Å². The Bertz CT molecular complexity index is 168. The van der Waals surface area contributed by atoms with E-state index in [1.165, 1.54) is 19.3 Å². The van der Waals surface area contributed by atoms with Crippen molar-refractivity contribution in [1.82, 2.24) is 0 Å². The van der Waals surface area contributed by atoms with Gasteiger partial charge < -0.3 is 5.11 Å². The SMILES string of the molecule is C=C=CCC[C@H]1CCCC[C@H]1O. The van der Waals surface area contributed by atoms with E-state index in [1.54, 1.807) is 0 Å². The van der Waals surface area contributed by atoms with Crippen LogP contribution < -0.4 is 0 Å². The average Bonchev–Trinajstić information content (AvgIpc) is 2.09. The van der Waals surface area contributed by atoms with Crippen molar-refractivity contribution in [1.29, 1.82) is 0 Å². The van der Waals surface area contributed by atoms with Gasteiger partial charge in [0.25, 0.3) is 0 Å². The molecule has 1 nitrogen and oxygen atoms in total. The zero-order valence-electron chi connectivity index (χ0n) is 7.63. The van der Waals surface area contributed by atoms with E-state index in [1.807, 2.05) is 6.08 Å². The average molecular weight is 166 g/mol. The monoisotopic (exact) mass is 166 g/mol. The molecule has 1 aliphatic carbocycles. The predicted octanol–water partition coefficient (Wildman–Crippen LogP) is 2.66. The fraction of sp³-hybridized carbons (Fsp3) is 0.727. The van der Waals surface area contributed by atoms with Crippen LogP contribution in [0.2, 0.25) is 0 Å². The zero-order valence-corrected chi connectivity index (χ0v) is 7.63. The second kappa shape index (κ2) is 5.18. The normalized spacial score (nSPS) is 29.4. The number of hydrogen-bond donors (Lipinski definition) is 1. The second-order valence-electron chi connectivity index (χ2n) is 3.60. The molecule has 1 saturated carbocycles. The predicted molar refractivity (Wildman–Crippen MR) is 50.9 cm³/mol. The fourth-order valence-electron chi connectivity index (χ4n) is 1.92. The van der Waals surface area contributed by atoms with Crippen LogP contribution >= 0.6 is 0 Å². The maximum Gasteiger partial charge on any atom is 0.0568 e. The first-order valence-corrected chi connectivity index (χ1v) is 4.87. The Morgan fingerprint density at radius 3 is 2.83 bits per heavy atom. The van der Waals surface area contributed by atoms with E-state index in [-0.39, 0.29) is 6.10 Å². The lowest BCUT2D eigenvalue weighted by Gasteiger charge is -2.26. The second-order valence-corrected chi connectivity index (χ2v) is 3.60. The van der Waals surface area contributed by atoms with Gasteiger partial charge in [-0.1, -0.05) is 19.4 Å². The summed E-state index contributed by atoms with van der Waals surface area (Å²) in [7, 11) is 0. The Morgan fingerprint density at radius 2 is 2.17 bits per heavy atom. The van der Waals surface area contributed by atoms with Gasteiger partial charge in [-0.2, -0.15) is 0 Å². The lowest BCUT2D eigenvalue weighted by atomic mass is 9.84. The zero-order chi connectivity index (χ0) is 8.81. The van der Waals surface area contributed by atoms with Crippen LogP contribution in [0.15, 0.2) is 18.4 Å². The molecule has 0 aliphatic heterocycles. The van der Waals surface area contributed by atoms with Gasteiger partial charge in [0.2, 0.25) is 0 Å². The first-order chi connectivity index (χ1) is 5.84. The number of aliphatic hydroxyl groups excluding tert-OH is 1. The van der Waals surface area contributed by atoms with E-state index in [9.17, 15) is 5.11 Å². The van der Waals surface area contributed by atoms with Crippen molar-refractivity contribution >= 4 is 0 Å². The highest BCUT2D eigenvalue weighted by molar-refractivity contribution is 4.80. The molecule has 0 unspecified atom stereocenters. The number of allylic oxidation sites excluding steroid dienone is 1.